The molecule has 1 aliphatic carbocycles. The van der Waals surface area contributed by atoms with Crippen molar-refractivity contribution in [1.82, 2.24) is 0 Å². The number of aryl methyl sites for hydroxylation is 1. The number of halogens is 1. The Balaban J connectivity index is 2.47. The van der Waals surface area contributed by atoms with Crippen molar-refractivity contribution in [3.05, 3.63) is 22.2 Å². The van der Waals surface area contributed by atoms with Gasteiger partial charge < -0.3 is 14.6 Å². The van der Waals surface area contributed by atoms with Gasteiger partial charge in [0.05, 0.1) is 25.2 Å². The van der Waals surface area contributed by atoms with Crippen molar-refractivity contribution in [2.24, 2.45) is 5.92 Å². The Labute approximate surface area is 110 Å². The Kier molecular flexibility index (Phi) is 3.66. The highest BCUT2D eigenvalue weighted by Crippen LogP contribution is 2.43. The van der Waals surface area contributed by atoms with Gasteiger partial charge in [0.25, 0.3) is 0 Å². The highest BCUT2D eigenvalue weighted by Gasteiger charge is 2.28. The summed E-state index contributed by atoms with van der Waals surface area (Å²) in [4.78, 5) is 11.1. The largest absolute Gasteiger partial charge is 0.493 e. The zero-order valence-corrected chi connectivity index (χ0v) is 11.1. The predicted molar refractivity (Wildman–Crippen MR) is 67.7 cm³/mol. The predicted octanol–water partition coefficient (Wildman–Crippen LogP) is 2.55. The molecule has 0 fully saturated rings. The van der Waals surface area contributed by atoms with Crippen molar-refractivity contribution in [2.45, 2.75) is 19.3 Å². The Morgan fingerprint density at radius 1 is 1.44 bits per heavy atom. The quantitative estimate of drug-likeness (QED) is 0.917. The van der Waals surface area contributed by atoms with Crippen LogP contribution in [-0.2, 0) is 17.6 Å². The molecule has 4 nitrogen and oxygen atoms in total. The lowest BCUT2D eigenvalue weighted by atomic mass is 9.83. The Bertz CT molecular complexity index is 484. The summed E-state index contributed by atoms with van der Waals surface area (Å²) in [5.41, 5.74) is 1.92. The molecule has 0 bridgehead atoms. The summed E-state index contributed by atoms with van der Waals surface area (Å²) in [5, 5.41) is 9.55. The number of ether oxygens (including phenoxy) is 2. The third-order valence-electron chi connectivity index (χ3n) is 3.37. The van der Waals surface area contributed by atoms with E-state index in [9.17, 15) is 4.79 Å². The Hall–Kier alpha value is -1.42. The second-order valence-electron chi connectivity index (χ2n) is 4.34. The van der Waals surface area contributed by atoms with E-state index in [0.29, 0.717) is 35.8 Å². The average Bonchev–Trinajstić information content (AvgIpc) is 2.37. The minimum absolute atomic E-state index is 0.367. The molecule has 0 saturated carbocycles. The van der Waals surface area contributed by atoms with Gasteiger partial charge in [0, 0.05) is 0 Å². The molecule has 0 aliphatic heterocycles. The zero-order valence-electron chi connectivity index (χ0n) is 10.3. The molecule has 1 aromatic carbocycles. The molecule has 0 amide bonds. The van der Waals surface area contributed by atoms with Crippen LogP contribution in [0.5, 0.6) is 11.5 Å². The van der Waals surface area contributed by atoms with Crippen LogP contribution in [0.4, 0.5) is 0 Å². The molecule has 0 saturated heterocycles. The molecule has 0 spiro atoms. The lowest BCUT2D eigenvalue weighted by Gasteiger charge is -2.24. The van der Waals surface area contributed by atoms with Gasteiger partial charge in [0.15, 0.2) is 11.5 Å². The molecule has 1 aromatic rings. The maximum absolute atomic E-state index is 11.1. The van der Waals surface area contributed by atoms with Crippen molar-refractivity contribution in [3.8, 4) is 11.5 Å². The number of methoxy groups -OCH3 is 2. The summed E-state index contributed by atoms with van der Waals surface area (Å²) in [6.45, 7) is 0. The number of carboxylic acids is 1. The van der Waals surface area contributed by atoms with E-state index in [4.69, 9.17) is 26.2 Å². The van der Waals surface area contributed by atoms with Crippen LogP contribution in [0, 0.1) is 5.92 Å². The van der Waals surface area contributed by atoms with Crippen LogP contribution in [0.3, 0.4) is 0 Å². The van der Waals surface area contributed by atoms with Gasteiger partial charge in [-0.3, -0.25) is 4.79 Å². The topological polar surface area (TPSA) is 55.8 Å². The van der Waals surface area contributed by atoms with E-state index in [1.165, 1.54) is 7.11 Å². The second-order valence-corrected chi connectivity index (χ2v) is 4.72. The van der Waals surface area contributed by atoms with Gasteiger partial charge in [0.2, 0.25) is 0 Å². The van der Waals surface area contributed by atoms with Crippen LogP contribution >= 0.6 is 11.6 Å². The molecule has 1 aliphatic rings. The first-order chi connectivity index (χ1) is 8.58. The summed E-state index contributed by atoms with van der Waals surface area (Å²) in [7, 11) is 3.08. The van der Waals surface area contributed by atoms with Crippen LogP contribution < -0.4 is 9.47 Å². The third-order valence-corrected chi connectivity index (χ3v) is 3.77. The maximum Gasteiger partial charge on any atom is 0.306 e. The highest BCUT2D eigenvalue weighted by atomic mass is 35.5. The number of fused-ring (bicyclic) bond motifs is 1. The average molecular weight is 271 g/mol. The van der Waals surface area contributed by atoms with Crippen LogP contribution in [0.25, 0.3) is 0 Å². The number of benzene rings is 1. The molecule has 1 N–H and O–H groups in total. The summed E-state index contributed by atoms with van der Waals surface area (Å²) in [5.74, 6) is -0.0708. The highest BCUT2D eigenvalue weighted by molar-refractivity contribution is 6.33. The SMILES string of the molecule is COc1cc2c(c(Cl)c1OC)C[C@H](C(=O)O)CC2. The number of hydrogen-bond acceptors (Lipinski definition) is 3. The summed E-state index contributed by atoms with van der Waals surface area (Å²) in [6, 6.07) is 1.89. The third kappa shape index (κ3) is 2.12. The van der Waals surface area contributed by atoms with E-state index in [2.05, 4.69) is 0 Å². The van der Waals surface area contributed by atoms with E-state index >= 15 is 0 Å². The van der Waals surface area contributed by atoms with Gasteiger partial charge in [-0.05, 0) is 36.5 Å². The normalized spacial score (nSPS) is 18.1. The molecule has 0 heterocycles. The lowest BCUT2D eigenvalue weighted by Crippen LogP contribution is -2.22. The molecule has 0 aromatic heterocycles. The molecule has 0 radical (unpaired) electrons. The number of carbonyl (C=O) groups is 1. The fraction of sp³-hybridized carbons (Fsp3) is 0.462. The van der Waals surface area contributed by atoms with E-state index in [1.54, 1.807) is 7.11 Å². The van der Waals surface area contributed by atoms with Crippen molar-refractivity contribution in [2.75, 3.05) is 14.2 Å². The molecule has 18 heavy (non-hydrogen) atoms. The van der Waals surface area contributed by atoms with Gasteiger partial charge in [-0.25, -0.2) is 0 Å². The minimum Gasteiger partial charge on any atom is -0.493 e. The summed E-state index contributed by atoms with van der Waals surface area (Å²) >= 11 is 6.28. The van der Waals surface area contributed by atoms with E-state index in [1.807, 2.05) is 6.07 Å². The Morgan fingerprint density at radius 3 is 2.72 bits per heavy atom. The van der Waals surface area contributed by atoms with Gasteiger partial charge in [0.1, 0.15) is 0 Å². The van der Waals surface area contributed by atoms with Crippen LogP contribution in [0.1, 0.15) is 17.5 Å². The lowest BCUT2D eigenvalue weighted by molar-refractivity contribution is -0.142. The van der Waals surface area contributed by atoms with Crippen LogP contribution in [-0.4, -0.2) is 25.3 Å². The Morgan fingerprint density at radius 2 is 2.17 bits per heavy atom. The van der Waals surface area contributed by atoms with Crippen molar-refractivity contribution < 1.29 is 19.4 Å². The van der Waals surface area contributed by atoms with Crippen LogP contribution in [0.2, 0.25) is 5.02 Å². The first-order valence-corrected chi connectivity index (χ1v) is 6.11. The van der Waals surface area contributed by atoms with Gasteiger partial charge >= 0.3 is 5.97 Å². The molecule has 2 rings (SSSR count). The van der Waals surface area contributed by atoms with E-state index in [0.717, 1.165) is 11.1 Å². The first kappa shape index (κ1) is 13.0. The second kappa shape index (κ2) is 5.06. The minimum atomic E-state index is -0.772. The number of aliphatic carboxylic acids is 1. The van der Waals surface area contributed by atoms with Gasteiger partial charge in [-0.1, -0.05) is 11.6 Å². The molecule has 0 unspecified atom stereocenters. The monoisotopic (exact) mass is 270 g/mol. The van der Waals surface area contributed by atoms with E-state index < -0.39 is 5.97 Å². The fourth-order valence-corrected chi connectivity index (χ4v) is 2.74. The molecule has 98 valence electrons. The fourth-order valence-electron chi connectivity index (χ4n) is 2.37. The standard InChI is InChI=1S/C13H15ClO4/c1-17-10-6-7-3-4-8(13(15)16)5-9(7)11(14)12(10)18-2/h6,8H,3-5H2,1-2H3,(H,15,16)/t8-/m1/s1. The van der Waals surface area contributed by atoms with Crippen LogP contribution in [0.15, 0.2) is 6.07 Å². The van der Waals surface area contributed by atoms with Crippen molar-refractivity contribution in [1.29, 1.82) is 0 Å². The molecular formula is C13H15ClO4. The van der Waals surface area contributed by atoms with Crippen molar-refractivity contribution >= 4 is 17.6 Å². The number of hydrogen-bond donors (Lipinski definition) is 1. The molecule has 5 heteroatoms. The smallest absolute Gasteiger partial charge is 0.306 e. The van der Waals surface area contributed by atoms with Crippen molar-refractivity contribution in [3.63, 3.8) is 0 Å². The summed E-state index contributed by atoms with van der Waals surface area (Å²) in [6.07, 6.45) is 1.78. The number of carboxylic acid groups (broad SMARTS) is 1. The van der Waals surface area contributed by atoms with Gasteiger partial charge in [-0.2, -0.15) is 0 Å². The number of rotatable bonds is 3. The maximum atomic E-state index is 11.1. The molecule has 1 atom stereocenters. The molecular weight excluding hydrogens is 256 g/mol. The first-order valence-electron chi connectivity index (χ1n) is 5.73. The summed E-state index contributed by atoms with van der Waals surface area (Å²) < 4.78 is 10.5. The zero-order chi connectivity index (χ0) is 13.3. The van der Waals surface area contributed by atoms with E-state index in [-0.39, 0.29) is 5.92 Å². The van der Waals surface area contributed by atoms with Gasteiger partial charge in [-0.15, -0.1) is 0 Å².